The summed E-state index contributed by atoms with van der Waals surface area (Å²) in [5.74, 6) is 0.0973. The molecular formula is C9H15NO4S. The highest BCUT2D eigenvalue weighted by Crippen LogP contribution is 2.40. The Balaban J connectivity index is 2.22. The fraction of sp³-hybridized carbons (Fsp3) is 0.889. The molecule has 2 aliphatic rings. The Morgan fingerprint density at radius 1 is 1.47 bits per heavy atom. The van der Waals surface area contributed by atoms with E-state index in [9.17, 15) is 13.2 Å². The standard InChI is InChI=1S/C9H15NO4S/c1-9(2)6(3-4-15(9,12)13)7-5-10-8(11)14-7/h6-7H,3-5H2,1-2H3,(H,10,11). The van der Waals surface area contributed by atoms with E-state index in [4.69, 9.17) is 4.74 Å². The molecule has 0 aromatic carbocycles. The largest absolute Gasteiger partial charge is 0.444 e. The Labute approximate surface area is 89.1 Å². The van der Waals surface area contributed by atoms with Gasteiger partial charge in [-0.25, -0.2) is 13.2 Å². The fourth-order valence-corrected chi connectivity index (χ4v) is 4.21. The van der Waals surface area contributed by atoms with Gasteiger partial charge in [-0.2, -0.15) is 0 Å². The van der Waals surface area contributed by atoms with Crippen LogP contribution in [0.25, 0.3) is 0 Å². The van der Waals surface area contributed by atoms with E-state index < -0.39 is 20.7 Å². The minimum Gasteiger partial charge on any atom is -0.444 e. The molecule has 2 aliphatic heterocycles. The normalized spacial score (nSPS) is 37.3. The predicted octanol–water partition coefficient (Wildman–Crippen LogP) is 0.308. The van der Waals surface area contributed by atoms with Crippen molar-refractivity contribution < 1.29 is 17.9 Å². The molecule has 2 unspecified atom stereocenters. The van der Waals surface area contributed by atoms with Crippen molar-refractivity contribution >= 4 is 15.9 Å². The van der Waals surface area contributed by atoms with Gasteiger partial charge in [0.25, 0.3) is 0 Å². The first kappa shape index (κ1) is 10.7. The third-order valence-electron chi connectivity index (χ3n) is 3.55. The molecule has 5 nitrogen and oxygen atoms in total. The van der Waals surface area contributed by atoms with Gasteiger partial charge in [0.1, 0.15) is 6.10 Å². The third-order valence-corrected chi connectivity index (χ3v) is 6.23. The van der Waals surface area contributed by atoms with Crippen LogP contribution in [-0.2, 0) is 14.6 Å². The summed E-state index contributed by atoms with van der Waals surface area (Å²) in [5.41, 5.74) is 0. The van der Waals surface area contributed by atoms with Crippen molar-refractivity contribution in [1.82, 2.24) is 5.32 Å². The van der Waals surface area contributed by atoms with E-state index in [0.29, 0.717) is 13.0 Å². The Bertz CT molecular complexity index is 387. The molecule has 2 atom stereocenters. The van der Waals surface area contributed by atoms with Gasteiger partial charge >= 0.3 is 6.09 Å². The van der Waals surface area contributed by atoms with Gasteiger partial charge in [-0.1, -0.05) is 0 Å². The summed E-state index contributed by atoms with van der Waals surface area (Å²) in [6.45, 7) is 3.85. The summed E-state index contributed by atoms with van der Waals surface area (Å²) < 4.78 is 27.8. The van der Waals surface area contributed by atoms with Gasteiger partial charge < -0.3 is 10.1 Å². The van der Waals surface area contributed by atoms with Crippen LogP contribution in [0.1, 0.15) is 20.3 Å². The van der Waals surface area contributed by atoms with Crippen LogP contribution in [0.3, 0.4) is 0 Å². The summed E-state index contributed by atoms with van der Waals surface area (Å²) in [6, 6.07) is 0. The molecule has 0 aromatic heterocycles. The van der Waals surface area contributed by atoms with E-state index in [-0.39, 0.29) is 17.8 Å². The molecule has 0 aromatic rings. The lowest BCUT2D eigenvalue weighted by Gasteiger charge is -2.28. The highest BCUT2D eigenvalue weighted by Gasteiger charge is 2.52. The van der Waals surface area contributed by atoms with Crippen molar-refractivity contribution in [2.24, 2.45) is 5.92 Å². The molecule has 2 fully saturated rings. The first-order valence-electron chi connectivity index (χ1n) is 5.01. The topological polar surface area (TPSA) is 72.5 Å². The van der Waals surface area contributed by atoms with Crippen LogP contribution in [0.5, 0.6) is 0 Å². The van der Waals surface area contributed by atoms with E-state index in [0.717, 1.165) is 0 Å². The van der Waals surface area contributed by atoms with Crippen molar-refractivity contribution in [1.29, 1.82) is 0 Å². The maximum absolute atomic E-state index is 11.8. The van der Waals surface area contributed by atoms with E-state index in [1.54, 1.807) is 13.8 Å². The maximum atomic E-state index is 11.8. The fourth-order valence-electron chi connectivity index (χ4n) is 2.39. The molecule has 2 heterocycles. The second-order valence-corrected chi connectivity index (χ2v) is 7.33. The summed E-state index contributed by atoms with van der Waals surface area (Å²) in [7, 11) is -3.05. The number of nitrogens with one attached hydrogen (secondary N) is 1. The Morgan fingerprint density at radius 3 is 2.53 bits per heavy atom. The molecule has 0 saturated carbocycles. The number of amides is 1. The molecule has 2 rings (SSSR count). The SMILES string of the molecule is CC1(C)C(C2CNC(=O)O2)CCS1(=O)=O. The van der Waals surface area contributed by atoms with Crippen LogP contribution >= 0.6 is 0 Å². The predicted molar refractivity (Wildman–Crippen MR) is 54.2 cm³/mol. The maximum Gasteiger partial charge on any atom is 0.407 e. The number of ether oxygens (including phenoxy) is 1. The number of carbonyl (C=O) groups excluding carboxylic acids is 1. The lowest BCUT2D eigenvalue weighted by molar-refractivity contribution is 0.0945. The van der Waals surface area contributed by atoms with E-state index in [1.165, 1.54) is 0 Å². The summed E-state index contributed by atoms with van der Waals surface area (Å²) in [5, 5.41) is 2.56. The first-order chi connectivity index (χ1) is 6.84. The van der Waals surface area contributed by atoms with Crippen molar-refractivity contribution in [2.75, 3.05) is 12.3 Å². The Kier molecular flexibility index (Phi) is 2.22. The van der Waals surface area contributed by atoms with Gasteiger partial charge in [-0.15, -0.1) is 0 Å². The molecule has 1 amide bonds. The van der Waals surface area contributed by atoms with Crippen molar-refractivity contribution in [3.63, 3.8) is 0 Å². The quantitative estimate of drug-likeness (QED) is 0.707. The lowest BCUT2D eigenvalue weighted by atomic mass is 9.87. The van der Waals surface area contributed by atoms with Gasteiger partial charge in [0.05, 0.1) is 17.0 Å². The highest BCUT2D eigenvalue weighted by atomic mass is 32.2. The van der Waals surface area contributed by atoms with Gasteiger partial charge in [0.2, 0.25) is 0 Å². The van der Waals surface area contributed by atoms with Crippen molar-refractivity contribution in [3.8, 4) is 0 Å². The molecule has 0 aliphatic carbocycles. The number of rotatable bonds is 1. The summed E-state index contributed by atoms with van der Waals surface area (Å²) in [6.07, 6.45) is -0.167. The average molecular weight is 233 g/mol. The van der Waals surface area contributed by atoms with Gasteiger partial charge in [0.15, 0.2) is 9.84 Å². The molecule has 86 valence electrons. The van der Waals surface area contributed by atoms with Crippen LogP contribution in [0.15, 0.2) is 0 Å². The lowest BCUT2D eigenvalue weighted by Crippen LogP contribution is -2.41. The first-order valence-corrected chi connectivity index (χ1v) is 6.66. The van der Waals surface area contributed by atoms with Crippen LogP contribution in [0, 0.1) is 5.92 Å². The van der Waals surface area contributed by atoms with Crippen molar-refractivity contribution in [2.45, 2.75) is 31.1 Å². The van der Waals surface area contributed by atoms with Crippen LogP contribution in [0.4, 0.5) is 4.79 Å². The number of alkyl carbamates (subject to hydrolysis) is 1. The molecule has 0 bridgehead atoms. The van der Waals surface area contributed by atoms with Crippen LogP contribution < -0.4 is 5.32 Å². The summed E-state index contributed by atoms with van der Waals surface area (Å²) in [4.78, 5) is 10.9. The molecule has 6 heteroatoms. The second kappa shape index (κ2) is 3.10. The molecule has 15 heavy (non-hydrogen) atoms. The number of carbonyl (C=O) groups is 1. The number of sulfone groups is 1. The number of hydrogen-bond acceptors (Lipinski definition) is 4. The Hall–Kier alpha value is -0.780. The zero-order valence-corrected chi connectivity index (χ0v) is 9.63. The van der Waals surface area contributed by atoms with Crippen LogP contribution in [-0.4, -0.2) is 37.7 Å². The minimum absolute atomic E-state index is 0.0959. The molecule has 1 N–H and O–H groups in total. The number of cyclic esters (lactones) is 1. The molecule has 2 saturated heterocycles. The average Bonchev–Trinajstić information content (AvgIpc) is 2.58. The summed E-state index contributed by atoms with van der Waals surface area (Å²) >= 11 is 0. The van der Waals surface area contributed by atoms with Crippen LogP contribution in [0.2, 0.25) is 0 Å². The monoisotopic (exact) mass is 233 g/mol. The van der Waals surface area contributed by atoms with Gasteiger partial charge in [0, 0.05) is 5.92 Å². The Morgan fingerprint density at radius 2 is 2.13 bits per heavy atom. The smallest absolute Gasteiger partial charge is 0.407 e. The third kappa shape index (κ3) is 1.51. The van der Waals surface area contributed by atoms with Crippen molar-refractivity contribution in [3.05, 3.63) is 0 Å². The zero-order valence-electron chi connectivity index (χ0n) is 8.82. The number of hydrogen-bond donors (Lipinski definition) is 1. The minimum atomic E-state index is -3.05. The zero-order chi connectivity index (χ0) is 11.3. The molecule has 0 radical (unpaired) electrons. The van der Waals surface area contributed by atoms with E-state index >= 15 is 0 Å². The van der Waals surface area contributed by atoms with E-state index in [1.807, 2.05) is 0 Å². The molecule has 0 spiro atoms. The van der Waals surface area contributed by atoms with Gasteiger partial charge in [-0.3, -0.25) is 0 Å². The molecular weight excluding hydrogens is 218 g/mol. The highest BCUT2D eigenvalue weighted by molar-refractivity contribution is 7.93. The second-order valence-electron chi connectivity index (χ2n) is 4.64. The van der Waals surface area contributed by atoms with E-state index in [2.05, 4.69) is 5.32 Å². The van der Waals surface area contributed by atoms with Gasteiger partial charge in [-0.05, 0) is 20.3 Å².